The predicted octanol–water partition coefficient (Wildman–Crippen LogP) is 5.15. The number of benzene rings is 2. The van der Waals surface area contributed by atoms with Crippen LogP contribution in [0.25, 0.3) is 0 Å². The van der Waals surface area contributed by atoms with E-state index in [9.17, 15) is 4.79 Å². The smallest absolute Gasteiger partial charge is 0.258 e. The van der Waals surface area contributed by atoms with Gasteiger partial charge >= 0.3 is 0 Å². The third-order valence-corrected chi connectivity index (χ3v) is 4.80. The van der Waals surface area contributed by atoms with Crippen molar-refractivity contribution in [1.29, 1.82) is 0 Å². The van der Waals surface area contributed by atoms with E-state index in [1.54, 1.807) is 7.11 Å². The van der Waals surface area contributed by atoms with Gasteiger partial charge in [-0.2, -0.15) is 0 Å². The van der Waals surface area contributed by atoms with Crippen LogP contribution in [0.15, 0.2) is 40.9 Å². The van der Waals surface area contributed by atoms with Gasteiger partial charge in [-0.25, -0.2) is 0 Å². The SMILES string of the molecule is COc1cc(C)c([C@H](C)NC(=O)COc2ccc(Br)cc2)cc1C(C)C. The summed E-state index contributed by atoms with van der Waals surface area (Å²) in [5.74, 6) is 1.74. The van der Waals surface area contributed by atoms with Crippen LogP contribution in [-0.2, 0) is 4.79 Å². The van der Waals surface area contributed by atoms with E-state index in [1.165, 1.54) is 0 Å². The van der Waals surface area contributed by atoms with E-state index >= 15 is 0 Å². The number of methoxy groups -OCH3 is 1. The fourth-order valence-electron chi connectivity index (χ4n) is 2.85. The molecule has 2 aromatic rings. The number of rotatable bonds is 7. The van der Waals surface area contributed by atoms with Crippen molar-refractivity contribution < 1.29 is 14.3 Å². The van der Waals surface area contributed by atoms with Crippen LogP contribution in [0.2, 0.25) is 0 Å². The van der Waals surface area contributed by atoms with Gasteiger partial charge in [-0.3, -0.25) is 4.79 Å². The minimum Gasteiger partial charge on any atom is -0.496 e. The van der Waals surface area contributed by atoms with Crippen molar-refractivity contribution in [1.82, 2.24) is 5.32 Å². The second kappa shape index (κ2) is 9.08. The maximum Gasteiger partial charge on any atom is 0.258 e. The average molecular weight is 420 g/mol. The van der Waals surface area contributed by atoms with Gasteiger partial charge in [0.15, 0.2) is 6.61 Å². The first-order chi connectivity index (χ1) is 12.3. The van der Waals surface area contributed by atoms with Crippen LogP contribution in [0.3, 0.4) is 0 Å². The molecule has 0 radical (unpaired) electrons. The fourth-order valence-corrected chi connectivity index (χ4v) is 3.12. The van der Waals surface area contributed by atoms with Crippen molar-refractivity contribution in [3.63, 3.8) is 0 Å². The monoisotopic (exact) mass is 419 g/mol. The first-order valence-corrected chi connectivity index (χ1v) is 9.47. The molecule has 0 unspecified atom stereocenters. The Hall–Kier alpha value is -2.01. The topological polar surface area (TPSA) is 47.6 Å². The lowest BCUT2D eigenvalue weighted by Gasteiger charge is -2.21. The summed E-state index contributed by atoms with van der Waals surface area (Å²) >= 11 is 3.37. The highest BCUT2D eigenvalue weighted by molar-refractivity contribution is 9.10. The molecule has 0 aliphatic heterocycles. The maximum atomic E-state index is 12.3. The van der Waals surface area contributed by atoms with E-state index in [2.05, 4.69) is 41.2 Å². The molecule has 0 bridgehead atoms. The average Bonchev–Trinajstić information content (AvgIpc) is 2.60. The van der Waals surface area contributed by atoms with Crippen LogP contribution in [0.4, 0.5) is 0 Å². The number of amides is 1. The molecular formula is C21H26BrNO3. The second-order valence-electron chi connectivity index (χ2n) is 6.64. The second-order valence-corrected chi connectivity index (χ2v) is 7.55. The van der Waals surface area contributed by atoms with E-state index in [0.717, 1.165) is 26.9 Å². The number of hydrogen-bond acceptors (Lipinski definition) is 3. The number of carbonyl (C=O) groups is 1. The zero-order valence-electron chi connectivity index (χ0n) is 15.9. The quantitative estimate of drug-likeness (QED) is 0.674. The first kappa shape index (κ1) is 20.3. The molecule has 1 atom stereocenters. The molecule has 2 rings (SSSR count). The molecule has 0 saturated heterocycles. The number of nitrogens with one attached hydrogen (secondary N) is 1. The highest BCUT2D eigenvalue weighted by Gasteiger charge is 2.17. The molecule has 1 amide bonds. The molecule has 1 N–H and O–H groups in total. The van der Waals surface area contributed by atoms with Gasteiger partial charge in [-0.15, -0.1) is 0 Å². The van der Waals surface area contributed by atoms with Crippen molar-refractivity contribution in [2.24, 2.45) is 0 Å². The van der Waals surface area contributed by atoms with Crippen molar-refractivity contribution in [3.05, 3.63) is 57.6 Å². The summed E-state index contributed by atoms with van der Waals surface area (Å²) in [6, 6.07) is 11.4. The van der Waals surface area contributed by atoms with Crippen molar-refractivity contribution >= 4 is 21.8 Å². The maximum absolute atomic E-state index is 12.3. The summed E-state index contributed by atoms with van der Waals surface area (Å²) in [5, 5.41) is 3.01. The highest BCUT2D eigenvalue weighted by atomic mass is 79.9. The Bertz CT molecular complexity index is 757. The number of ether oxygens (including phenoxy) is 2. The van der Waals surface area contributed by atoms with Gasteiger partial charge in [0.25, 0.3) is 5.91 Å². The Kier molecular flexibility index (Phi) is 7.09. The Morgan fingerprint density at radius 2 is 1.77 bits per heavy atom. The lowest BCUT2D eigenvalue weighted by atomic mass is 9.93. The van der Waals surface area contributed by atoms with Crippen molar-refractivity contribution in [3.8, 4) is 11.5 Å². The zero-order valence-corrected chi connectivity index (χ0v) is 17.5. The fraction of sp³-hybridized carbons (Fsp3) is 0.381. The number of carbonyl (C=O) groups excluding carboxylic acids is 1. The minimum atomic E-state index is -0.151. The largest absolute Gasteiger partial charge is 0.496 e. The van der Waals surface area contributed by atoms with Gasteiger partial charge in [0, 0.05) is 4.47 Å². The highest BCUT2D eigenvalue weighted by Crippen LogP contribution is 2.32. The molecule has 0 aromatic heterocycles. The molecule has 140 valence electrons. The van der Waals surface area contributed by atoms with Crippen LogP contribution in [0.5, 0.6) is 11.5 Å². The van der Waals surface area contributed by atoms with Crippen LogP contribution in [0.1, 0.15) is 49.4 Å². The van der Waals surface area contributed by atoms with Gasteiger partial charge in [0.1, 0.15) is 11.5 Å². The summed E-state index contributed by atoms with van der Waals surface area (Å²) in [5.41, 5.74) is 3.32. The lowest BCUT2D eigenvalue weighted by molar-refractivity contribution is -0.123. The van der Waals surface area contributed by atoms with Crippen molar-refractivity contribution in [2.75, 3.05) is 13.7 Å². The molecule has 0 saturated carbocycles. The van der Waals surface area contributed by atoms with Crippen molar-refractivity contribution in [2.45, 2.75) is 39.7 Å². The first-order valence-electron chi connectivity index (χ1n) is 8.68. The molecule has 26 heavy (non-hydrogen) atoms. The van der Waals surface area contributed by atoms with Crippen LogP contribution >= 0.6 is 15.9 Å². The molecule has 5 heteroatoms. The Labute approximate surface area is 164 Å². The lowest BCUT2D eigenvalue weighted by Crippen LogP contribution is -2.31. The predicted molar refractivity (Wildman–Crippen MR) is 108 cm³/mol. The molecular weight excluding hydrogens is 394 g/mol. The van der Waals surface area contributed by atoms with E-state index in [4.69, 9.17) is 9.47 Å². The molecule has 0 spiro atoms. The minimum absolute atomic E-state index is 0.0157. The summed E-state index contributed by atoms with van der Waals surface area (Å²) in [7, 11) is 1.69. The van der Waals surface area contributed by atoms with E-state index in [-0.39, 0.29) is 18.6 Å². The zero-order chi connectivity index (χ0) is 19.3. The molecule has 0 fully saturated rings. The number of aryl methyl sites for hydroxylation is 1. The summed E-state index contributed by atoms with van der Waals surface area (Å²) in [6.07, 6.45) is 0. The molecule has 2 aromatic carbocycles. The Morgan fingerprint density at radius 3 is 2.35 bits per heavy atom. The third-order valence-electron chi connectivity index (χ3n) is 4.27. The summed E-state index contributed by atoms with van der Waals surface area (Å²) in [4.78, 5) is 12.3. The summed E-state index contributed by atoms with van der Waals surface area (Å²) in [6.45, 7) is 8.26. The molecule has 0 aliphatic rings. The van der Waals surface area contributed by atoms with Crippen LogP contribution < -0.4 is 14.8 Å². The molecule has 4 nitrogen and oxygen atoms in total. The summed E-state index contributed by atoms with van der Waals surface area (Å²) < 4.78 is 12.0. The van der Waals surface area contributed by atoms with E-state index in [1.807, 2.05) is 44.2 Å². The van der Waals surface area contributed by atoms with Crippen LogP contribution in [-0.4, -0.2) is 19.6 Å². The third kappa shape index (κ3) is 5.24. The molecule has 0 heterocycles. The Morgan fingerprint density at radius 1 is 1.12 bits per heavy atom. The van der Waals surface area contributed by atoms with Gasteiger partial charge in [-0.05, 0) is 72.9 Å². The van der Waals surface area contributed by atoms with Gasteiger partial charge < -0.3 is 14.8 Å². The Balaban J connectivity index is 2.04. The van der Waals surface area contributed by atoms with Gasteiger partial charge in [-0.1, -0.05) is 29.8 Å². The van der Waals surface area contributed by atoms with Gasteiger partial charge in [0.05, 0.1) is 13.2 Å². The number of halogens is 1. The molecule has 0 aliphatic carbocycles. The normalized spacial score (nSPS) is 12.0. The van der Waals surface area contributed by atoms with Gasteiger partial charge in [0.2, 0.25) is 0 Å². The number of hydrogen-bond donors (Lipinski definition) is 1. The van der Waals surface area contributed by atoms with Crippen LogP contribution in [0, 0.1) is 6.92 Å². The van der Waals surface area contributed by atoms with E-state index < -0.39 is 0 Å². The van der Waals surface area contributed by atoms with E-state index in [0.29, 0.717) is 11.7 Å². The standard InChI is InChI=1S/C21H26BrNO3/c1-13(2)18-11-19(14(3)10-20(18)25-5)15(4)23-21(24)12-26-17-8-6-16(22)7-9-17/h6-11,13,15H,12H2,1-5H3,(H,23,24)/t15-/m0/s1.